The standard InChI is InChI=1S/C22H26N2O4/c1-16-4-2-5-17(14-16)15-24-9-3-6-19(21(24)26)20(25)23-10-7-18(8-11-23)22-27-12-13-28-22/h2-6,9,14,18,22H,7-8,10-13,15H2,1H3. The minimum atomic E-state index is -0.237. The molecule has 2 saturated heterocycles. The average molecular weight is 382 g/mol. The summed E-state index contributed by atoms with van der Waals surface area (Å²) in [6.07, 6.45) is 3.27. The number of carbonyl (C=O) groups is 1. The molecule has 2 fully saturated rings. The largest absolute Gasteiger partial charge is 0.350 e. The van der Waals surface area contributed by atoms with Gasteiger partial charge in [-0.15, -0.1) is 0 Å². The van der Waals surface area contributed by atoms with Gasteiger partial charge in [-0.3, -0.25) is 9.59 Å². The van der Waals surface area contributed by atoms with E-state index in [1.165, 1.54) is 0 Å². The van der Waals surface area contributed by atoms with Gasteiger partial charge in [0.2, 0.25) is 0 Å². The number of nitrogens with zero attached hydrogens (tertiary/aromatic N) is 2. The summed E-state index contributed by atoms with van der Waals surface area (Å²) in [5.41, 5.74) is 2.19. The first kappa shape index (κ1) is 18.9. The van der Waals surface area contributed by atoms with E-state index in [1.807, 2.05) is 25.1 Å². The summed E-state index contributed by atoms with van der Waals surface area (Å²) in [6.45, 7) is 5.03. The Morgan fingerprint density at radius 2 is 1.86 bits per heavy atom. The molecule has 148 valence electrons. The Bertz CT molecular complexity index is 893. The minimum absolute atomic E-state index is 0.138. The molecule has 0 atom stereocenters. The van der Waals surface area contributed by atoms with E-state index < -0.39 is 0 Å². The lowest BCUT2D eigenvalue weighted by Crippen LogP contribution is -2.43. The summed E-state index contributed by atoms with van der Waals surface area (Å²) in [5.74, 6) is 0.135. The van der Waals surface area contributed by atoms with Crippen LogP contribution >= 0.6 is 0 Å². The van der Waals surface area contributed by atoms with Crippen LogP contribution in [0.3, 0.4) is 0 Å². The molecule has 0 spiro atoms. The van der Waals surface area contributed by atoms with Crippen LogP contribution in [-0.2, 0) is 16.0 Å². The first-order valence-electron chi connectivity index (χ1n) is 9.89. The van der Waals surface area contributed by atoms with Gasteiger partial charge in [0, 0.05) is 25.2 Å². The highest BCUT2D eigenvalue weighted by atomic mass is 16.7. The molecule has 2 aromatic rings. The van der Waals surface area contributed by atoms with E-state index in [0.717, 1.165) is 24.0 Å². The van der Waals surface area contributed by atoms with Crippen molar-refractivity contribution in [1.82, 2.24) is 9.47 Å². The molecule has 28 heavy (non-hydrogen) atoms. The van der Waals surface area contributed by atoms with Crippen LogP contribution in [0.2, 0.25) is 0 Å². The molecule has 0 aliphatic carbocycles. The normalized spacial score (nSPS) is 18.5. The number of hydrogen-bond donors (Lipinski definition) is 0. The van der Waals surface area contributed by atoms with Gasteiger partial charge in [0.25, 0.3) is 11.5 Å². The summed E-state index contributed by atoms with van der Waals surface area (Å²) >= 11 is 0. The van der Waals surface area contributed by atoms with Crippen molar-refractivity contribution in [2.75, 3.05) is 26.3 Å². The van der Waals surface area contributed by atoms with E-state index in [9.17, 15) is 9.59 Å². The summed E-state index contributed by atoms with van der Waals surface area (Å²) in [6, 6.07) is 11.5. The third-order valence-electron chi connectivity index (χ3n) is 5.55. The van der Waals surface area contributed by atoms with Gasteiger partial charge >= 0.3 is 0 Å². The Kier molecular flexibility index (Phi) is 5.59. The van der Waals surface area contributed by atoms with Crippen molar-refractivity contribution < 1.29 is 14.3 Å². The van der Waals surface area contributed by atoms with E-state index in [0.29, 0.717) is 38.8 Å². The highest BCUT2D eigenvalue weighted by Crippen LogP contribution is 2.26. The van der Waals surface area contributed by atoms with Crippen molar-refractivity contribution in [3.8, 4) is 0 Å². The average Bonchev–Trinajstić information content (AvgIpc) is 3.24. The number of amides is 1. The lowest BCUT2D eigenvalue weighted by atomic mass is 9.95. The zero-order valence-corrected chi connectivity index (χ0v) is 16.2. The SMILES string of the molecule is Cc1cccc(Cn2cccc(C(=O)N3CCC(C4OCCO4)CC3)c2=O)c1. The van der Waals surface area contributed by atoms with Gasteiger partial charge in [0.05, 0.1) is 19.8 Å². The highest BCUT2D eigenvalue weighted by Gasteiger charge is 2.32. The predicted molar refractivity (Wildman–Crippen MR) is 105 cm³/mol. The first-order valence-corrected chi connectivity index (χ1v) is 9.89. The Hall–Kier alpha value is -2.44. The summed E-state index contributed by atoms with van der Waals surface area (Å²) in [4.78, 5) is 27.6. The topological polar surface area (TPSA) is 60.8 Å². The van der Waals surface area contributed by atoms with Gasteiger partial charge in [0.15, 0.2) is 6.29 Å². The molecule has 3 heterocycles. The molecular weight excluding hydrogens is 356 g/mol. The van der Waals surface area contributed by atoms with Crippen molar-refractivity contribution in [2.24, 2.45) is 5.92 Å². The lowest BCUT2D eigenvalue weighted by Gasteiger charge is -2.33. The number of aromatic nitrogens is 1. The third-order valence-corrected chi connectivity index (χ3v) is 5.55. The second kappa shape index (κ2) is 8.29. The van der Waals surface area contributed by atoms with Crippen molar-refractivity contribution in [3.05, 3.63) is 69.6 Å². The number of carbonyl (C=O) groups excluding carboxylic acids is 1. The second-order valence-corrected chi connectivity index (χ2v) is 7.58. The molecule has 1 aromatic heterocycles. The molecule has 0 N–H and O–H groups in total. The molecular formula is C22H26N2O4. The first-order chi connectivity index (χ1) is 13.6. The predicted octanol–water partition coefficient (Wildman–Crippen LogP) is 2.43. The second-order valence-electron chi connectivity index (χ2n) is 7.58. The van der Waals surface area contributed by atoms with Gasteiger partial charge in [-0.1, -0.05) is 29.8 Å². The number of pyridine rings is 1. The van der Waals surface area contributed by atoms with Gasteiger partial charge in [0.1, 0.15) is 5.56 Å². The molecule has 0 unspecified atom stereocenters. The quantitative estimate of drug-likeness (QED) is 0.815. The number of ether oxygens (including phenoxy) is 2. The van der Waals surface area contributed by atoms with Crippen LogP contribution in [0.4, 0.5) is 0 Å². The molecule has 0 saturated carbocycles. The van der Waals surface area contributed by atoms with Gasteiger partial charge in [-0.2, -0.15) is 0 Å². The molecule has 1 amide bonds. The fourth-order valence-corrected chi connectivity index (χ4v) is 4.03. The van der Waals surface area contributed by atoms with Crippen LogP contribution in [0.15, 0.2) is 47.4 Å². The van der Waals surface area contributed by atoms with Crippen LogP contribution in [-0.4, -0.2) is 48.0 Å². The van der Waals surface area contributed by atoms with Gasteiger partial charge in [-0.05, 0) is 37.5 Å². The smallest absolute Gasteiger partial charge is 0.263 e. The van der Waals surface area contributed by atoms with Gasteiger partial charge < -0.3 is 18.9 Å². The molecule has 0 bridgehead atoms. The fourth-order valence-electron chi connectivity index (χ4n) is 4.03. The van der Waals surface area contributed by atoms with Crippen LogP contribution in [0, 0.1) is 12.8 Å². The lowest BCUT2D eigenvalue weighted by molar-refractivity contribution is -0.0956. The zero-order valence-electron chi connectivity index (χ0n) is 16.2. The van der Waals surface area contributed by atoms with Gasteiger partial charge in [-0.25, -0.2) is 0 Å². The van der Waals surface area contributed by atoms with Crippen molar-refractivity contribution >= 4 is 5.91 Å². The monoisotopic (exact) mass is 382 g/mol. The molecule has 4 rings (SSSR count). The third kappa shape index (κ3) is 4.03. The van der Waals surface area contributed by atoms with Crippen LogP contribution in [0.5, 0.6) is 0 Å². The maximum absolute atomic E-state index is 13.0. The number of aryl methyl sites for hydroxylation is 1. The molecule has 6 heteroatoms. The number of benzene rings is 1. The molecule has 2 aliphatic heterocycles. The van der Waals surface area contributed by atoms with E-state index in [4.69, 9.17) is 9.47 Å². The number of rotatable bonds is 4. The molecule has 1 aromatic carbocycles. The molecule has 6 nitrogen and oxygen atoms in total. The summed E-state index contributed by atoms with van der Waals surface area (Å²) in [5, 5.41) is 0. The van der Waals surface area contributed by atoms with Crippen LogP contribution in [0.1, 0.15) is 34.3 Å². The maximum atomic E-state index is 13.0. The summed E-state index contributed by atoms with van der Waals surface area (Å²) in [7, 11) is 0. The molecule has 2 aliphatic rings. The Morgan fingerprint density at radius 1 is 1.11 bits per heavy atom. The zero-order chi connectivity index (χ0) is 19.5. The van der Waals surface area contributed by atoms with Crippen LogP contribution in [0.25, 0.3) is 0 Å². The van der Waals surface area contributed by atoms with E-state index in [2.05, 4.69) is 6.07 Å². The maximum Gasteiger partial charge on any atom is 0.263 e. The Balaban J connectivity index is 1.45. The summed E-state index contributed by atoms with van der Waals surface area (Å²) < 4.78 is 12.8. The fraction of sp³-hybridized carbons (Fsp3) is 0.455. The van der Waals surface area contributed by atoms with Crippen LogP contribution < -0.4 is 5.56 Å². The van der Waals surface area contributed by atoms with E-state index in [-0.39, 0.29) is 23.3 Å². The number of likely N-dealkylation sites (tertiary alicyclic amines) is 1. The van der Waals surface area contributed by atoms with E-state index >= 15 is 0 Å². The number of piperidine rings is 1. The van der Waals surface area contributed by atoms with E-state index in [1.54, 1.807) is 27.8 Å². The molecule has 0 radical (unpaired) electrons. The van der Waals surface area contributed by atoms with Crippen molar-refractivity contribution in [2.45, 2.75) is 32.6 Å². The highest BCUT2D eigenvalue weighted by molar-refractivity contribution is 5.93. The minimum Gasteiger partial charge on any atom is -0.350 e. The van der Waals surface area contributed by atoms with Crippen molar-refractivity contribution in [3.63, 3.8) is 0 Å². The Labute approximate surface area is 164 Å². The number of hydrogen-bond acceptors (Lipinski definition) is 4. The van der Waals surface area contributed by atoms with Crippen molar-refractivity contribution in [1.29, 1.82) is 0 Å². The Morgan fingerprint density at radius 3 is 2.57 bits per heavy atom.